The maximum Gasteiger partial charge on any atom is 0.132 e. The third-order valence-electron chi connectivity index (χ3n) is 2.55. The molecule has 1 aromatic carbocycles. The molecule has 0 amide bonds. The molecule has 0 atom stereocenters. The number of nitrogens with one attached hydrogen (secondary N) is 1. The molecule has 1 aromatic heterocycles. The zero-order valence-corrected chi connectivity index (χ0v) is 10.6. The summed E-state index contributed by atoms with van der Waals surface area (Å²) in [5.74, 6) is 0.882. The molecule has 0 aliphatic carbocycles. The average molecular weight is 248 g/mol. The van der Waals surface area contributed by atoms with E-state index in [9.17, 15) is 0 Å². The molecule has 0 saturated carbocycles. The van der Waals surface area contributed by atoms with Gasteiger partial charge in [0.2, 0.25) is 0 Å². The molecular formula is C13H14ClN3. The lowest BCUT2D eigenvalue weighted by Gasteiger charge is -2.10. The lowest BCUT2D eigenvalue weighted by atomic mass is 10.1. The number of hydrogen-bond donors (Lipinski definition) is 1. The smallest absolute Gasteiger partial charge is 0.132 e. The second-order valence-corrected chi connectivity index (χ2v) is 4.17. The third kappa shape index (κ3) is 2.56. The van der Waals surface area contributed by atoms with Crippen molar-refractivity contribution in [3.05, 3.63) is 41.2 Å². The highest BCUT2D eigenvalue weighted by atomic mass is 35.5. The number of anilines is 1. The van der Waals surface area contributed by atoms with E-state index in [1.165, 1.54) is 0 Å². The van der Waals surface area contributed by atoms with Gasteiger partial charge in [-0.15, -0.1) is 0 Å². The number of hydrogen-bond acceptors (Lipinski definition) is 3. The van der Waals surface area contributed by atoms with Crippen LogP contribution in [0.4, 0.5) is 5.82 Å². The number of benzene rings is 1. The highest BCUT2D eigenvalue weighted by Crippen LogP contribution is 2.25. The fourth-order valence-electron chi connectivity index (χ4n) is 1.69. The molecule has 17 heavy (non-hydrogen) atoms. The summed E-state index contributed by atoms with van der Waals surface area (Å²) in [6.45, 7) is 4.91. The zero-order valence-electron chi connectivity index (χ0n) is 9.87. The van der Waals surface area contributed by atoms with Crippen LogP contribution in [0.3, 0.4) is 0 Å². The van der Waals surface area contributed by atoms with E-state index in [2.05, 4.69) is 15.3 Å². The Morgan fingerprint density at radius 2 is 1.88 bits per heavy atom. The zero-order chi connectivity index (χ0) is 12.3. The monoisotopic (exact) mass is 247 g/mol. The second kappa shape index (κ2) is 5.15. The van der Waals surface area contributed by atoms with Gasteiger partial charge in [0, 0.05) is 22.7 Å². The first kappa shape index (κ1) is 11.9. The molecule has 1 N–H and O–H groups in total. The summed E-state index contributed by atoms with van der Waals surface area (Å²) in [5.41, 5.74) is 3.04. The van der Waals surface area contributed by atoms with Crippen LogP contribution in [0.5, 0.6) is 0 Å². The Morgan fingerprint density at radius 3 is 2.53 bits per heavy atom. The van der Waals surface area contributed by atoms with Crippen molar-refractivity contribution in [3.8, 4) is 11.3 Å². The van der Waals surface area contributed by atoms with Crippen molar-refractivity contribution in [1.82, 2.24) is 9.97 Å². The fraction of sp³-hybridized carbons (Fsp3) is 0.231. The van der Waals surface area contributed by atoms with Gasteiger partial charge in [-0.1, -0.05) is 23.7 Å². The molecule has 0 saturated heterocycles. The van der Waals surface area contributed by atoms with Gasteiger partial charge in [-0.25, -0.2) is 9.97 Å². The number of rotatable bonds is 3. The first-order valence-electron chi connectivity index (χ1n) is 5.53. The Morgan fingerprint density at radius 1 is 1.18 bits per heavy atom. The van der Waals surface area contributed by atoms with Gasteiger partial charge in [0.25, 0.3) is 0 Å². The van der Waals surface area contributed by atoms with Crippen LogP contribution >= 0.6 is 11.6 Å². The highest BCUT2D eigenvalue weighted by Gasteiger charge is 2.08. The molecule has 0 aliphatic heterocycles. The van der Waals surface area contributed by atoms with Gasteiger partial charge in [0.05, 0.1) is 5.69 Å². The third-order valence-corrected chi connectivity index (χ3v) is 2.80. The summed E-state index contributed by atoms with van der Waals surface area (Å²) in [5, 5.41) is 3.95. The minimum absolute atomic E-state index is 0.729. The molecule has 0 spiro atoms. The lowest BCUT2D eigenvalue weighted by Crippen LogP contribution is -2.03. The topological polar surface area (TPSA) is 37.8 Å². The van der Waals surface area contributed by atoms with E-state index < -0.39 is 0 Å². The maximum absolute atomic E-state index is 5.87. The quantitative estimate of drug-likeness (QED) is 0.902. The molecule has 1 heterocycles. The minimum Gasteiger partial charge on any atom is -0.370 e. The van der Waals surface area contributed by atoms with Crippen molar-refractivity contribution >= 4 is 17.4 Å². The van der Waals surface area contributed by atoms with Crippen LogP contribution in [-0.2, 0) is 0 Å². The van der Waals surface area contributed by atoms with Crippen molar-refractivity contribution in [2.45, 2.75) is 13.8 Å². The van der Waals surface area contributed by atoms with Gasteiger partial charge in [-0.2, -0.15) is 0 Å². The van der Waals surface area contributed by atoms with E-state index in [4.69, 9.17) is 11.6 Å². The Hall–Kier alpha value is -1.61. The predicted molar refractivity (Wildman–Crippen MR) is 71.4 cm³/mol. The van der Waals surface area contributed by atoms with E-state index in [1.54, 1.807) is 6.33 Å². The standard InChI is InChI=1S/C13H14ClN3/c1-3-15-13-9(2)12(16-8-17-13)10-4-6-11(14)7-5-10/h4-8H,3H2,1-2H3,(H,15,16,17). The van der Waals surface area contributed by atoms with Crippen molar-refractivity contribution in [2.24, 2.45) is 0 Å². The molecule has 0 radical (unpaired) electrons. The van der Waals surface area contributed by atoms with Crippen LogP contribution in [0.15, 0.2) is 30.6 Å². The van der Waals surface area contributed by atoms with Crippen molar-refractivity contribution < 1.29 is 0 Å². The Balaban J connectivity index is 2.45. The summed E-state index contributed by atoms with van der Waals surface area (Å²) in [6.07, 6.45) is 1.58. The van der Waals surface area contributed by atoms with Crippen LogP contribution in [0.25, 0.3) is 11.3 Å². The van der Waals surface area contributed by atoms with Crippen molar-refractivity contribution in [3.63, 3.8) is 0 Å². The largest absolute Gasteiger partial charge is 0.370 e. The normalized spacial score (nSPS) is 10.3. The van der Waals surface area contributed by atoms with E-state index in [1.807, 2.05) is 38.1 Å². The van der Waals surface area contributed by atoms with E-state index in [-0.39, 0.29) is 0 Å². The van der Waals surface area contributed by atoms with Crippen LogP contribution in [-0.4, -0.2) is 16.5 Å². The van der Waals surface area contributed by atoms with Gasteiger partial charge >= 0.3 is 0 Å². The Bertz CT molecular complexity index is 509. The molecule has 0 aliphatic rings. The van der Waals surface area contributed by atoms with Crippen LogP contribution in [0.1, 0.15) is 12.5 Å². The number of halogens is 1. The van der Waals surface area contributed by atoms with Crippen LogP contribution in [0, 0.1) is 6.92 Å². The molecular weight excluding hydrogens is 234 g/mol. The first-order chi connectivity index (χ1) is 8.22. The Labute approximate surface area is 106 Å². The molecule has 88 valence electrons. The Kier molecular flexibility index (Phi) is 3.59. The highest BCUT2D eigenvalue weighted by molar-refractivity contribution is 6.30. The summed E-state index contributed by atoms with van der Waals surface area (Å²) in [6, 6.07) is 7.66. The lowest BCUT2D eigenvalue weighted by molar-refractivity contribution is 1.09. The molecule has 0 fully saturated rings. The second-order valence-electron chi connectivity index (χ2n) is 3.73. The predicted octanol–water partition coefficient (Wildman–Crippen LogP) is 3.54. The molecule has 2 rings (SSSR count). The fourth-order valence-corrected chi connectivity index (χ4v) is 1.82. The SMILES string of the molecule is CCNc1ncnc(-c2ccc(Cl)cc2)c1C. The van der Waals surface area contributed by atoms with Crippen molar-refractivity contribution in [1.29, 1.82) is 0 Å². The summed E-state index contributed by atoms with van der Waals surface area (Å²) in [4.78, 5) is 8.55. The van der Waals surface area contributed by atoms with Crippen molar-refractivity contribution in [2.75, 3.05) is 11.9 Å². The molecule has 0 bridgehead atoms. The van der Waals surface area contributed by atoms with E-state index >= 15 is 0 Å². The van der Waals surface area contributed by atoms with Gasteiger partial charge < -0.3 is 5.32 Å². The minimum atomic E-state index is 0.729. The summed E-state index contributed by atoms with van der Waals surface area (Å²) >= 11 is 5.87. The number of nitrogens with zero attached hydrogens (tertiary/aromatic N) is 2. The van der Waals surface area contributed by atoms with Gasteiger partial charge in [0.1, 0.15) is 12.1 Å². The van der Waals surface area contributed by atoms with E-state index in [0.717, 1.165) is 34.2 Å². The van der Waals surface area contributed by atoms with Gasteiger partial charge in [0.15, 0.2) is 0 Å². The molecule has 0 unspecified atom stereocenters. The van der Waals surface area contributed by atoms with Crippen LogP contribution < -0.4 is 5.32 Å². The molecule has 2 aromatic rings. The van der Waals surface area contributed by atoms with Gasteiger partial charge in [-0.05, 0) is 26.0 Å². The summed E-state index contributed by atoms with van der Waals surface area (Å²) < 4.78 is 0. The maximum atomic E-state index is 5.87. The van der Waals surface area contributed by atoms with Gasteiger partial charge in [-0.3, -0.25) is 0 Å². The molecule has 3 nitrogen and oxygen atoms in total. The average Bonchev–Trinajstić information content (AvgIpc) is 2.34. The van der Waals surface area contributed by atoms with Crippen LogP contribution in [0.2, 0.25) is 5.02 Å². The van der Waals surface area contributed by atoms with E-state index in [0.29, 0.717) is 0 Å². The summed E-state index contributed by atoms with van der Waals surface area (Å²) in [7, 11) is 0. The number of aromatic nitrogens is 2. The molecule has 4 heteroatoms. The first-order valence-corrected chi connectivity index (χ1v) is 5.91.